The van der Waals surface area contributed by atoms with Crippen molar-refractivity contribution in [2.45, 2.75) is 32.9 Å². The van der Waals surface area contributed by atoms with Crippen LogP contribution in [0, 0.1) is 5.41 Å². The van der Waals surface area contributed by atoms with Gasteiger partial charge in [0, 0.05) is 12.7 Å². The van der Waals surface area contributed by atoms with E-state index in [1.165, 1.54) is 11.1 Å². The SMILES string of the molecule is CC(C)(CO)C(=O)NC[C@H]1OCCc2cn(Cc3ccccc3)nc21. The maximum Gasteiger partial charge on any atom is 0.228 e. The average molecular weight is 343 g/mol. The molecule has 2 N–H and O–H groups in total. The van der Waals surface area contributed by atoms with Crippen LogP contribution in [-0.2, 0) is 22.5 Å². The van der Waals surface area contributed by atoms with Gasteiger partial charge in [0.1, 0.15) is 6.10 Å². The highest BCUT2D eigenvalue weighted by molar-refractivity contribution is 5.81. The van der Waals surface area contributed by atoms with Crippen molar-refractivity contribution in [2.75, 3.05) is 19.8 Å². The molecule has 6 heteroatoms. The number of hydrogen-bond donors (Lipinski definition) is 2. The first-order valence-corrected chi connectivity index (χ1v) is 8.60. The van der Waals surface area contributed by atoms with Crippen molar-refractivity contribution >= 4 is 5.91 Å². The number of aliphatic hydroxyl groups is 1. The molecule has 1 aromatic carbocycles. The molecule has 0 bridgehead atoms. The third-order valence-corrected chi connectivity index (χ3v) is 4.51. The van der Waals surface area contributed by atoms with Gasteiger partial charge in [0.05, 0.1) is 30.9 Å². The summed E-state index contributed by atoms with van der Waals surface area (Å²) in [6, 6.07) is 10.2. The van der Waals surface area contributed by atoms with E-state index in [2.05, 4.69) is 28.7 Å². The van der Waals surface area contributed by atoms with Crippen molar-refractivity contribution in [3.05, 3.63) is 53.3 Å². The fraction of sp³-hybridized carbons (Fsp3) is 0.474. The molecule has 0 fully saturated rings. The molecule has 0 spiro atoms. The minimum absolute atomic E-state index is 0.186. The quantitative estimate of drug-likeness (QED) is 0.837. The zero-order valence-electron chi connectivity index (χ0n) is 14.7. The van der Waals surface area contributed by atoms with Crippen molar-refractivity contribution in [1.82, 2.24) is 15.1 Å². The summed E-state index contributed by atoms with van der Waals surface area (Å²) in [7, 11) is 0. The Hall–Kier alpha value is -2.18. The fourth-order valence-electron chi connectivity index (χ4n) is 2.83. The second-order valence-electron chi connectivity index (χ2n) is 7.08. The van der Waals surface area contributed by atoms with Crippen molar-refractivity contribution in [3.63, 3.8) is 0 Å². The maximum absolute atomic E-state index is 12.1. The Kier molecular flexibility index (Phi) is 5.20. The number of benzene rings is 1. The molecule has 0 saturated heterocycles. The van der Waals surface area contributed by atoms with Crippen LogP contribution < -0.4 is 5.32 Å². The summed E-state index contributed by atoms with van der Waals surface area (Å²) in [5.74, 6) is -0.186. The standard InChI is InChI=1S/C19H25N3O3/c1-19(2,13-23)18(24)20-10-16-17-15(8-9-25-16)12-22(21-17)11-14-6-4-3-5-7-14/h3-7,12,16,23H,8-11,13H2,1-2H3,(H,20,24)/t16-/m1/s1. The zero-order valence-corrected chi connectivity index (χ0v) is 14.7. The monoisotopic (exact) mass is 343 g/mol. The largest absolute Gasteiger partial charge is 0.395 e. The summed E-state index contributed by atoms with van der Waals surface area (Å²) in [5.41, 5.74) is 2.45. The molecule has 2 heterocycles. The molecule has 1 aliphatic rings. The van der Waals surface area contributed by atoms with Crippen LogP contribution in [0.3, 0.4) is 0 Å². The topological polar surface area (TPSA) is 76.4 Å². The molecule has 0 radical (unpaired) electrons. The molecule has 1 aromatic heterocycles. The highest BCUT2D eigenvalue weighted by Gasteiger charge is 2.29. The van der Waals surface area contributed by atoms with E-state index in [9.17, 15) is 9.90 Å². The Morgan fingerprint density at radius 3 is 2.88 bits per heavy atom. The van der Waals surface area contributed by atoms with Gasteiger partial charge in [-0.2, -0.15) is 5.10 Å². The number of carbonyl (C=O) groups excluding carboxylic acids is 1. The van der Waals surface area contributed by atoms with E-state index in [0.717, 1.165) is 12.1 Å². The molecule has 6 nitrogen and oxygen atoms in total. The molecule has 0 aliphatic carbocycles. The summed E-state index contributed by atoms with van der Waals surface area (Å²) >= 11 is 0. The highest BCUT2D eigenvalue weighted by atomic mass is 16.5. The Bertz CT molecular complexity index is 725. The van der Waals surface area contributed by atoms with Crippen LogP contribution in [0.15, 0.2) is 36.5 Å². The molecular formula is C19H25N3O3. The van der Waals surface area contributed by atoms with Crippen LogP contribution in [0.5, 0.6) is 0 Å². The van der Waals surface area contributed by atoms with Crippen LogP contribution in [0.25, 0.3) is 0 Å². The minimum Gasteiger partial charge on any atom is -0.395 e. The van der Waals surface area contributed by atoms with Gasteiger partial charge in [-0.25, -0.2) is 0 Å². The van der Waals surface area contributed by atoms with Gasteiger partial charge in [-0.3, -0.25) is 9.48 Å². The van der Waals surface area contributed by atoms with Crippen LogP contribution in [0.4, 0.5) is 0 Å². The van der Waals surface area contributed by atoms with Crippen LogP contribution in [-0.4, -0.2) is 40.6 Å². The molecule has 1 aliphatic heterocycles. The number of aliphatic hydroxyl groups excluding tert-OH is 1. The highest BCUT2D eigenvalue weighted by Crippen LogP contribution is 2.26. The zero-order chi connectivity index (χ0) is 17.9. The molecule has 0 unspecified atom stereocenters. The summed E-state index contributed by atoms with van der Waals surface area (Å²) in [6.07, 6.45) is 2.65. The third-order valence-electron chi connectivity index (χ3n) is 4.51. The first-order chi connectivity index (χ1) is 12.0. The minimum atomic E-state index is -0.801. The molecule has 1 amide bonds. The number of rotatable bonds is 6. The number of ether oxygens (including phenoxy) is 1. The lowest BCUT2D eigenvalue weighted by Gasteiger charge is -2.25. The molecule has 1 atom stereocenters. The summed E-state index contributed by atoms with van der Waals surface area (Å²) in [6.45, 7) is 4.92. The number of nitrogens with zero attached hydrogens (tertiary/aromatic N) is 2. The third kappa shape index (κ3) is 4.08. The van der Waals surface area contributed by atoms with E-state index >= 15 is 0 Å². The number of carbonyl (C=O) groups is 1. The second-order valence-corrected chi connectivity index (χ2v) is 7.08. The van der Waals surface area contributed by atoms with Crippen molar-refractivity contribution in [3.8, 4) is 0 Å². The predicted molar refractivity (Wildman–Crippen MR) is 94.0 cm³/mol. The lowest BCUT2D eigenvalue weighted by Crippen LogP contribution is -2.41. The number of amides is 1. The van der Waals surface area contributed by atoms with Gasteiger partial charge in [0.25, 0.3) is 0 Å². The van der Waals surface area contributed by atoms with Gasteiger partial charge in [0.15, 0.2) is 0 Å². The summed E-state index contributed by atoms with van der Waals surface area (Å²) < 4.78 is 7.74. The van der Waals surface area contributed by atoms with E-state index in [-0.39, 0.29) is 18.6 Å². The molecule has 25 heavy (non-hydrogen) atoms. The second kappa shape index (κ2) is 7.37. The number of hydrogen-bond acceptors (Lipinski definition) is 4. The fourth-order valence-corrected chi connectivity index (χ4v) is 2.83. The van der Waals surface area contributed by atoms with Crippen LogP contribution in [0.1, 0.15) is 36.8 Å². The maximum atomic E-state index is 12.1. The molecule has 0 saturated carbocycles. The summed E-state index contributed by atoms with van der Waals surface area (Å²) in [5, 5.41) is 16.8. The van der Waals surface area contributed by atoms with Gasteiger partial charge in [-0.05, 0) is 31.4 Å². The van der Waals surface area contributed by atoms with Crippen molar-refractivity contribution in [1.29, 1.82) is 0 Å². The molecule has 3 rings (SSSR count). The van der Waals surface area contributed by atoms with E-state index < -0.39 is 5.41 Å². The number of aromatic nitrogens is 2. The Balaban J connectivity index is 1.68. The van der Waals surface area contributed by atoms with Crippen molar-refractivity contribution in [2.24, 2.45) is 5.41 Å². The number of fused-ring (bicyclic) bond motifs is 1. The Labute approximate surface area is 147 Å². The Morgan fingerprint density at radius 2 is 2.16 bits per heavy atom. The van der Waals surface area contributed by atoms with E-state index in [4.69, 9.17) is 4.74 Å². The van der Waals surface area contributed by atoms with Gasteiger partial charge in [0.2, 0.25) is 5.91 Å². The number of nitrogens with one attached hydrogen (secondary N) is 1. The summed E-state index contributed by atoms with van der Waals surface area (Å²) in [4.78, 5) is 12.1. The smallest absolute Gasteiger partial charge is 0.228 e. The van der Waals surface area contributed by atoms with Crippen molar-refractivity contribution < 1.29 is 14.6 Å². The molecule has 2 aromatic rings. The van der Waals surface area contributed by atoms with E-state index in [1.54, 1.807) is 13.8 Å². The molecule has 134 valence electrons. The Morgan fingerprint density at radius 1 is 1.40 bits per heavy atom. The molecular weight excluding hydrogens is 318 g/mol. The van der Waals surface area contributed by atoms with E-state index in [1.807, 2.05) is 22.9 Å². The normalized spacial score (nSPS) is 17.2. The van der Waals surface area contributed by atoms with Gasteiger partial charge in [-0.1, -0.05) is 30.3 Å². The lowest BCUT2D eigenvalue weighted by atomic mass is 9.93. The first kappa shape index (κ1) is 17.6. The lowest BCUT2D eigenvalue weighted by molar-refractivity contribution is -0.132. The van der Waals surface area contributed by atoms with Crippen LogP contribution >= 0.6 is 0 Å². The first-order valence-electron chi connectivity index (χ1n) is 8.60. The van der Waals surface area contributed by atoms with Gasteiger partial charge in [-0.15, -0.1) is 0 Å². The van der Waals surface area contributed by atoms with E-state index in [0.29, 0.717) is 19.7 Å². The van der Waals surface area contributed by atoms with Gasteiger partial charge < -0.3 is 15.2 Å². The van der Waals surface area contributed by atoms with Crippen LogP contribution in [0.2, 0.25) is 0 Å². The average Bonchev–Trinajstić information content (AvgIpc) is 3.03. The van der Waals surface area contributed by atoms with Gasteiger partial charge >= 0.3 is 0 Å². The predicted octanol–water partition coefficient (Wildman–Crippen LogP) is 1.68.